The molecule has 2 atom stereocenters. The molecular formula is C20H30N2O2. The highest BCUT2D eigenvalue weighted by Crippen LogP contribution is 2.40. The molecule has 1 saturated carbocycles. The first-order chi connectivity index (χ1) is 11.6. The van der Waals surface area contributed by atoms with E-state index in [0.29, 0.717) is 13.1 Å². The summed E-state index contributed by atoms with van der Waals surface area (Å²) in [6, 6.07) is 8.63. The first kappa shape index (κ1) is 17.4. The molecule has 2 aliphatic rings. The van der Waals surface area contributed by atoms with E-state index in [4.69, 9.17) is 10.5 Å². The third-order valence-corrected chi connectivity index (χ3v) is 5.79. The van der Waals surface area contributed by atoms with Crippen molar-refractivity contribution in [2.24, 2.45) is 5.73 Å². The molecule has 1 aromatic rings. The van der Waals surface area contributed by atoms with Crippen LogP contribution in [-0.4, -0.2) is 31.2 Å². The first-order valence-electron chi connectivity index (χ1n) is 9.34. The van der Waals surface area contributed by atoms with Crippen LogP contribution in [0.2, 0.25) is 0 Å². The maximum Gasteiger partial charge on any atom is 0.249 e. The van der Waals surface area contributed by atoms with Crippen molar-refractivity contribution in [3.05, 3.63) is 35.4 Å². The van der Waals surface area contributed by atoms with Gasteiger partial charge in [-0.25, -0.2) is 0 Å². The van der Waals surface area contributed by atoms with Gasteiger partial charge in [-0.1, -0.05) is 43.5 Å². The zero-order valence-corrected chi connectivity index (χ0v) is 14.7. The van der Waals surface area contributed by atoms with E-state index in [-0.39, 0.29) is 23.5 Å². The van der Waals surface area contributed by atoms with Crippen LogP contribution in [0, 0.1) is 6.92 Å². The van der Waals surface area contributed by atoms with Crippen LogP contribution in [0.3, 0.4) is 0 Å². The number of nitrogens with two attached hydrogens (primary N) is 1. The molecule has 1 aliphatic carbocycles. The monoisotopic (exact) mass is 330 g/mol. The molecule has 2 fully saturated rings. The van der Waals surface area contributed by atoms with Crippen LogP contribution in [-0.2, 0) is 14.9 Å². The van der Waals surface area contributed by atoms with Gasteiger partial charge in [-0.05, 0) is 43.7 Å². The summed E-state index contributed by atoms with van der Waals surface area (Å²) in [5.74, 6) is 0.0319. The lowest BCUT2D eigenvalue weighted by Crippen LogP contribution is -2.45. The molecule has 1 saturated heterocycles. The Morgan fingerprint density at radius 2 is 2.00 bits per heavy atom. The Morgan fingerprint density at radius 1 is 1.25 bits per heavy atom. The molecule has 0 radical (unpaired) electrons. The molecule has 132 valence electrons. The molecule has 3 N–H and O–H groups in total. The van der Waals surface area contributed by atoms with E-state index in [1.54, 1.807) is 0 Å². The first-order valence-corrected chi connectivity index (χ1v) is 9.34. The molecule has 0 spiro atoms. The summed E-state index contributed by atoms with van der Waals surface area (Å²) in [4.78, 5) is 12.5. The highest BCUT2D eigenvalue weighted by molar-refractivity contribution is 5.81. The Morgan fingerprint density at radius 3 is 2.67 bits per heavy atom. The number of rotatable bonds is 5. The van der Waals surface area contributed by atoms with Gasteiger partial charge in [-0.15, -0.1) is 0 Å². The molecule has 1 aliphatic heterocycles. The summed E-state index contributed by atoms with van der Waals surface area (Å²) >= 11 is 0. The molecule has 3 rings (SSSR count). The van der Waals surface area contributed by atoms with Crippen molar-refractivity contribution in [2.45, 2.75) is 69.5 Å². The minimum Gasteiger partial charge on any atom is -0.364 e. The lowest BCUT2D eigenvalue weighted by atomic mass is 9.68. The lowest BCUT2D eigenvalue weighted by molar-refractivity contribution is -0.132. The van der Waals surface area contributed by atoms with Crippen LogP contribution >= 0.6 is 0 Å². The fourth-order valence-corrected chi connectivity index (χ4v) is 4.38. The molecule has 24 heavy (non-hydrogen) atoms. The SMILES string of the molecule is Cc1ccccc1C1(CNC(=O)[C@@H]2CC[C@H](CN)O2)CCCCC1. The summed E-state index contributed by atoms with van der Waals surface area (Å²) in [6.07, 6.45) is 7.45. The quantitative estimate of drug-likeness (QED) is 0.872. The third kappa shape index (κ3) is 3.65. The second kappa shape index (κ2) is 7.66. The maximum absolute atomic E-state index is 12.5. The van der Waals surface area contributed by atoms with Gasteiger partial charge in [0.1, 0.15) is 6.10 Å². The molecular weight excluding hydrogens is 300 g/mol. The molecule has 0 bridgehead atoms. The van der Waals surface area contributed by atoms with Gasteiger partial charge in [0.2, 0.25) is 5.91 Å². The average Bonchev–Trinajstić information content (AvgIpc) is 3.10. The van der Waals surface area contributed by atoms with E-state index in [2.05, 4.69) is 36.5 Å². The van der Waals surface area contributed by atoms with E-state index in [1.165, 1.54) is 30.4 Å². The topological polar surface area (TPSA) is 64.4 Å². The number of ether oxygens (including phenoxy) is 1. The van der Waals surface area contributed by atoms with Crippen molar-refractivity contribution < 1.29 is 9.53 Å². The number of carbonyl (C=O) groups excluding carboxylic acids is 1. The predicted molar refractivity (Wildman–Crippen MR) is 95.9 cm³/mol. The van der Waals surface area contributed by atoms with Crippen LogP contribution in [0.4, 0.5) is 0 Å². The zero-order valence-electron chi connectivity index (χ0n) is 14.7. The van der Waals surface area contributed by atoms with Crippen molar-refractivity contribution in [2.75, 3.05) is 13.1 Å². The lowest BCUT2D eigenvalue weighted by Gasteiger charge is -2.39. The summed E-state index contributed by atoms with van der Waals surface area (Å²) < 4.78 is 5.74. The molecule has 0 unspecified atom stereocenters. The Kier molecular flexibility index (Phi) is 5.57. The van der Waals surface area contributed by atoms with Gasteiger partial charge in [-0.2, -0.15) is 0 Å². The van der Waals surface area contributed by atoms with Gasteiger partial charge < -0.3 is 15.8 Å². The van der Waals surface area contributed by atoms with Crippen molar-refractivity contribution in [1.82, 2.24) is 5.32 Å². The Bertz CT molecular complexity index is 567. The maximum atomic E-state index is 12.5. The minimum absolute atomic E-state index is 0.0319. The van der Waals surface area contributed by atoms with Crippen LogP contribution in [0.5, 0.6) is 0 Å². The van der Waals surface area contributed by atoms with Gasteiger partial charge in [-0.3, -0.25) is 4.79 Å². The fraction of sp³-hybridized carbons (Fsp3) is 0.650. The molecule has 0 aromatic heterocycles. The Balaban J connectivity index is 1.69. The number of nitrogens with one attached hydrogen (secondary N) is 1. The highest BCUT2D eigenvalue weighted by atomic mass is 16.5. The predicted octanol–water partition coefficient (Wildman–Crippen LogP) is 2.82. The van der Waals surface area contributed by atoms with Crippen LogP contribution in [0.1, 0.15) is 56.1 Å². The van der Waals surface area contributed by atoms with E-state index in [9.17, 15) is 4.79 Å². The second-order valence-corrected chi connectivity index (χ2v) is 7.43. The highest BCUT2D eigenvalue weighted by Gasteiger charge is 2.37. The zero-order chi connectivity index (χ0) is 17.0. The summed E-state index contributed by atoms with van der Waals surface area (Å²) in [5.41, 5.74) is 8.45. The van der Waals surface area contributed by atoms with Gasteiger partial charge >= 0.3 is 0 Å². The molecule has 4 heteroatoms. The minimum atomic E-state index is -0.323. The molecule has 4 nitrogen and oxygen atoms in total. The number of hydrogen-bond donors (Lipinski definition) is 2. The standard InChI is InChI=1S/C20H30N2O2/c1-15-7-3-4-8-17(15)20(11-5-2-6-12-20)14-22-19(23)18-10-9-16(13-21)24-18/h3-4,7-8,16,18H,2,5-6,9-14,21H2,1H3,(H,22,23)/t16-,18+/m1/s1. The Labute approximate surface area is 145 Å². The number of aryl methyl sites for hydroxylation is 1. The van der Waals surface area contributed by atoms with Gasteiger partial charge in [0, 0.05) is 18.5 Å². The van der Waals surface area contributed by atoms with Crippen LogP contribution in [0.25, 0.3) is 0 Å². The van der Waals surface area contributed by atoms with E-state index < -0.39 is 0 Å². The van der Waals surface area contributed by atoms with Crippen molar-refractivity contribution in [3.63, 3.8) is 0 Å². The second-order valence-electron chi connectivity index (χ2n) is 7.43. The van der Waals surface area contributed by atoms with E-state index in [0.717, 1.165) is 25.7 Å². The normalized spacial score (nSPS) is 26.2. The fourth-order valence-electron chi connectivity index (χ4n) is 4.38. The van der Waals surface area contributed by atoms with Crippen molar-refractivity contribution in [1.29, 1.82) is 0 Å². The van der Waals surface area contributed by atoms with Gasteiger partial charge in [0.05, 0.1) is 6.10 Å². The van der Waals surface area contributed by atoms with E-state index in [1.807, 2.05) is 0 Å². The van der Waals surface area contributed by atoms with Crippen LogP contribution < -0.4 is 11.1 Å². The third-order valence-electron chi connectivity index (χ3n) is 5.79. The largest absolute Gasteiger partial charge is 0.364 e. The number of amides is 1. The van der Waals surface area contributed by atoms with Crippen molar-refractivity contribution in [3.8, 4) is 0 Å². The number of carbonyl (C=O) groups is 1. The Hall–Kier alpha value is -1.39. The number of hydrogen-bond acceptors (Lipinski definition) is 3. The van der Waals surface area contributed by atoms with Gasteiger partial charge in [0.15, 0.2) is 0 Å². The average molecular weight is 330 g/mol. The smallest absolute Gasteiger partial charge is 0.249 e. The summed E-state index contributed by atoms with van der Waals surface area (Å²) in [7, 11) is 0. The number of benzene rings is 1. The van der Waals surface area contributed by atoms with Crippen molar-refractivity contribution >= 4 is 5.91 Å². The van der Waals surface area contributed by atoms with E-state index >= 15 is 0 Å². The summed E-state index contributed by atoms with van der Waals surface area (Å²) in [5, 5.41) is 3.20. The summed E-state index contributed by atoms with van der Waals surface area (Å²) in [6.45, 7) is 3.39. The molecule has 1 aromatic carbocycles. The molecule has 1 heterocycles. The van der Waals surface area contributed by atoms with Gasteiger partial charge in [0.25, 0.3) is 0 Å². The molecule has 1 amide bonds. The van der Waals surface area contributed by atoms with Crippen LogP contribution in [0.15, 0.2) is 24.3 Å².